The Balaban J connectivity index is 2.35. The second-order valence-electron chi connectivity index (χ2n) is 4.76. The summed E-state index contributed by atoms with van der Waals surface area (Å²) in [4.78, 5) is 4.38. The smallest absolute Gasteiger partial charge is 0.436 e. The first-order valence-electron chi connectivity index (χ1n) is 6.02. The number of aromatic nitrogens is 1. The van der Waals surface area contributed by atoms with Crippen molar-refractivity contribution in [1.82, 2.24) is 5.16 Å². The Bertz CT molecular complexity index is 482. The van der Waals surface area contributed by atoms with Gasteiger partial charge in [-0.05, 0) is 19.8 Å². The summed E-state index contributed by atoms with van der Waals surface area (Å²) in [6.45, 7) is 1.73. The molecular formula is C12H15F3N2O2. The standard InChI is InChI=1S/C12H15F3N2O2/c1-11(6-4-3-5-10(16-11)18-2)9-7-8(17-19-9)12(13,14)15/h7H,3-6H2,1-2H3. The van der Waals surface area contributed by atoms with Crippen LogP contribution in [0.2, 0.25) is 0 Å². The molecule has 0 fully saturated rings. The van der Waals surface area contributed by atoms with E-state index in [2.05, 4.69) is 10.1 Å². The van der Waals surface area contributed by atoms with Gasteiger partial charge in [-0.25, -0.2) is 4.99 Å². The SMILES string of the molecule is COC1=NC(C)(c2cc(C(F)(F)F)no2)CCCC1. The number of methoxy groups -OCH3 is 1. The summed E-state index contributed by atoms with van der Waals surface area (Å²) in [5.74, 6) is 0.654. The lowest BCUT2D eigenvalue weighted by Crippen LogP contribution is -2.19. The third-order valence-corrected chi connectivity index (χ3v) is 3.24. The number of hydrogen-bond acceptors (Lipinski definition) is 4. The number of nitrogens with zero attached hydrogens (tertiary/aromatic N) is 2. The van der Waals surface area contributed by atoms with Crippen LogP contribution in [0.3, 0.4) is 0 Å². The summed E-state index contributed by atoms with van der Waals surface area (Å²) in [5.41, 5.74) is -1.87. The van der Waals surface area contributed by atoms with E-state index in [4.69, 9.17) is 9.26 Å². The van der Waals surface area contributed by atoms with E-state index in [1.54, 1.807) is 6.92 Å². The quantitative estimate of drug-likeness (QED) is 0.788. The monoisotopic (exact) mass is 276 g/mol. The van der Waals surface area contributed by atoms with Gasteiger partial charge in [0.1, 0.15) is 5.54 Å². The van der Waals surface area contributed by atoms with Gasteiger partial charge < -0.3 is 9.26 Å². The second kappa shape index (κ2) is 4.86. The van der Waals surface area contributed by atoms with Crippen molar-refractivity contribution in [3.8, 4) is 0 Å². The van der Waals surface area contributed by atoms with E-state index in [0.717, 1.165) is 18.9 Å². The molecule has 0 aromatic carbocycles. The summed E-state index contributed by atoms with van der Waals surface area (Å²) in [5, 5.41) is 3.08. The fourth-order valence-corrected chi connectivity index (χ4v) is 2.12. The number of rotatable bonds is 1. The molecule has 4 nitrogen and oxygen atoms in total. The third-order valence-electron chi connectivity index (χ3n) is 3.24. The molecule has 1 aliphatic heterocycles. The van der Waals surface area contributed by atoms with Gasteiger partial charge in [0.05, 0.1) is 7.11 Å². The summed E-state index contributed by atoms with van der Waals surface area (Å²) >= 11 is 0. The first-order valence-corrected chi connectivity index (χ1v) is 6.02. The van der Waals surface area contributed by atoms with Gasteiger partial charge in [0.15, 0.2) is 17.4 Å². The zero-order valence-corrected chi connectivity index (χ0v) is 10.8. The van der Waals surface area contributed by atoms with Crippen molar-refractivity contribution in [3.63, 3.8) is 0 Å². The van der Waals surface area contributed by atoms with Crippen molar-refractivity contribution in [2.45, 2.75) is 44.3 Å². The maximum absolute atomic E-state index is 12.5. The van der Waals surface area contributed by atoms with E-state index in [1.807, 2.05) is 0 Å². The molecule has 0 saturated carbocycles. The highest BCUT2D eigenvalue weighted by Gasteiger charge is 2.39. The number of alkyl halides is 3. The summed E-state index contributed by atoms with van der Waals surface area (Å²) in [6.07, 6.45) is -1.48. The van der Waals surface area contributed by atoms with Crippen molar-refractivity contribution >= 4 is 5.90 Å². The highest BCUT2D eigenvalue weighted by molar-refractivity contribution is 5.76. The van der Waals surface area contributed by atoms with Gasteiger partial charge in [-0.3, -0.25) is 0 Å². The van der Waals surface area contributed by atoms with E-state index >= 15 is 0 Å². The van der Waals surface area contributed by atoms with Gasteiger partial charge in [-0.15, -0.1) is 0 Å². The first kappa shape index (κ1) is 13.9. The Morgan fingerprint density at radius 2 is 2.11 bits per heavy atom. The van der Waals surface area contributed by atoms with Gasteiger partial charge in [0, 0.05) is 12.5 Å². The highest BCUT2D eigenvalue weighted by atomic mass is 19.4. The predicted octanol–water partition coefficient (Wildman–Crippen LogP) is 3.53. The van der Waals surface area contributed by atoms with Crippen LogP contribution in [-0.4, -0.2) is 18.2 Å². The van der Waals surface area contributed by atoms with Crippen LogP contribution in [0.25, 0.3) is 0 Å². The van der Waals surface area contributed by atoms with Gasteiger partial charge in [-0.2, -0.15) is 13.2 Å². The molecule has 106 valence electrons. The summed E-state index contributed by atoms with van der Waals surface area (Å²) < 4.78 is 47.6. The largest absolute Gasteiger partial charge is 0.484 e. The van der Waals surface area contributed by atoms with Crippen LogP contribution in [0.1, 0.15) is 44.1 Å². The van der Waals surface area contributed by atoms with Crippen LogP contribution >= 0.6 is 0 Å². The number of aliphatic imine (C=N–C) groups is 1. The van der Waals surface area contributed by atoms with Gasteiger partial charge in [0.2, 0.25) is 0 Å². The minimum Gasteiger partial charge on any atom is -0.484 e. The zero-order valence-electron chi connectivity index (χ0n) is 10.8. The Morgan fingerprint density at radius 1 is 1.37 bits per heavy atom. The topological polar surface area (TPSA) is 47.6 Å². The minimum absolute atomic E-state index is 0.122. The van der Waals surface area contributed by atoms with Crippen molar-refractivity contribution in [1.29, 1.82) is 0 Å². The Kier molecular flexibility index (Phi) is 3.56. The van der Waals surface area contributed by atoms with Crippen LogP contribution in [0.5, 0.6) is 0 Å². The fraction of sp³-hybridized carbons (Fsp3) is 0.667. The Morgan fingerprint density at radius 3 is 2.68 bits per heavy atom. The van der Waals surface area contributed by atoms with Crippen LogP contribution in [0.15, 0.2) is 15.6 Å². The molecule has 0 bridgehead atoms. The fourth-order valence-electron chi connectivity index (χ4n) is 2.12. The maximum atomic E-state index is 12.5. The van der Waals surface area contributed by atoms with Crippen molar-refractivity contribution in [2.75, 3.05) is 7.11 Å². The van der Waals surface area contributed by atoms with Crippen molar-refractivity contribution in [2.24, 2.45) is 4.99 Å². The molecule has 1 unspecified atom stereocenters. The normalized spacial score (nSPS) is 24.8. The average molecular weight is 276 g/mol. The molecule has 0 amide bonds. The molecule has 2 heterocycles. The molecule has 1 atom stereocenters. The average Bonchev–Trinajstić information content (AvgIpc) is 2.76. The van der Waals surface area contributed by atoms with E-state index in [0.29, 0.717) is 18.7 Å². The molecule has 2 rings (SSSR count). The lowest BCUT2D eigenvalue weighted by atomic mass is 9.93. The van der Waals surface area contributed by atoms with E-state index < -0.39 is 17.4 Å². The number of halogens is 3. The van der Waals surface area contributed by atoms with E-state index in [1.165, 1.54) is 7.11 Å². The minimum atomic E-state index is -4.50. The highest BCUT2D eigenvalue weighted by Crippen LogP contribution is 2.37. The van der Waals surface area contributed by atoms with Crippen LogP contribution in [-0.2, 0) is 16.5 Å². The molecule has 19 heavy (non-hydrogen) atoms. The molecular weight excluding hydrogens is 261 g/mol. The molecule has 7 heteroatoms. The maximum Gasteiger partial charge on any atom is 0.436 e. The molecule has 0 N–H and O–H groups in total. The van der Waals surface area contributed by atoms with E-state index in [-0.39, 0.29) is 5.76 Å². The van der Waals surface area contributed by atoms with Crippen molar-refractivity contribution < 1.29 is 22.4 Å². The molecule has 1 aromatic rings. The van der Waals surface area contributed by atoms with Gasteiger partial charge >= 0.3 is 6.18 Å². The molecule has 1 aromatic heterocycles. The molecule has 0 aliphatic carbocycles. The zero-order chi connectivity index (χ0) is 14.1. The summed E-state index contributed by atoms with van der Waals surface area (Å²) in [7, 11) is 1.51. The Labute approximate surface area is 108 Å². The summed E-state index contributed by atoms with van der Waals surface area (Å²) in [6, 6.07) is 0.919. The predicted molar refractivity (Wildman–Crippen MR) is 61.8 cm³/mol. The second-order valence-corrected chi connectivity index (χ2v) is 4.76. The number of ether oxygens (including phenoxy) is 1. The molecule has 0 radical (unpaired) electrons. The lowest BCUT2D eigenvalue weighted by Gasteiger charge is -2.20. The van der Waals surface area contributed by atoms with Gasteiger partial charge in [-0.1, -0.05) is 11.6 Å². The van der Waals surface area contributed by atoms with Crippen LogP contribution in [0, 0.1) is 0 Å². The number of hydrogen-bond donors (Lipinski definition) is 0. The third kappa shape index (κ3) is 2.90. The van der Waals surface area contributed by atoms with Crippen LogP contribution in [0.4, 0.5) is 13.2 Å². The Hall–Kier alpha value is -1.53. The molecule has 1 aliphatic rings. The van der Waals surface area contributed by atoms with Gasteiger partial charge in [0.25, 0.3) is 0 Å². The molecule has 0 spiro atoms. The first-order chi connectivity index (χ1) is 8.85. The van der Waals surface area contributed by atoms with Crippen LogP contribution < -0.4 is 0 Å². The molecule has 0 saturated heterocycles. The lowest BCUT2D eigenvalue weighted by molar-refractivity contribution is -0.142. The van der Waals surface area contributed by atoms with E-state index in [9.17, 15) is 13.2 Å². The van der Waals surface area contributed by atoms with Crippen molar-refractivity contribution in [3.05, 3.63) is 17.5 Å².